The lowest BCUT2D eigenvalue weighted by molar-refractivity contribution is 0.102. The molecule has 2 aromatic rings. The van der Waals surface area contributed by atoms with E-state index in [1.165, 1.54) is 0 Å². The van der Waals surface area contributed by atoms with Crippen molar-refractivity contribution < 1.29 is 4.79 Å². The number of aryl methyl sites for hydroxylation is 1. The monoisotopic (exact) mass is 392 g/mol. The Balaban J connectivity index is 2.23. The van der Waals surface area contributed by atoms with E-state index < -0.39 is 0 Å². The molecule has 1 amide bonds. The zero-order valence-corrected chi connectivity index (χ0v) is 13.7. The third-order valence-electron chi connectivity index (χ3n) is 2.78. The Morgan fingerprint density at radius 1 is 1.15 bits per heavy atom. The first kappa shape index (κ1) is 14.8. The Morgan fingerprint density at radius 2 is 1.90 bits per heavy atom. The maximum absolute atomic E-state index is 12.2. The van der Waals surface area contributed by atoms with Gasteiger partial charge in [-0.25, -0.2) is 0 Å². The van der Waals surface area contributed by atoms with E-state index in [1.807, 2.05) is 19.1 Å². The van der Waals surface area contributed by atoms with Gasteiger partial charge in [0, 0.05) is 14.5 Å². The van der Waals surface area contributed by atoms with E-state index in [0.717, 1.165) is 10.0 Å². The van der Waals surface area contributed by atoms with E-state index in [4.69, 9.17) is 5.26 Å². The standard InChI is InChI=1S/C15H10Br2N2O/c1-9-2-4-11(7-12(9)16)15(20)19-14-5-3-10(8-18)6-13(14)17/h2-7H,1H3,(H,19,20). The first-order valence-electron chi connectivity index (χ1n) is 5.78. The highest BCUT2D eigenvalue weighted by Gasteiger charge is 2.10. The van der Waals surface area contributed by atoms with Gasteiger partial charge in [0.15, 0.2) is 0 Å². The van der Waals surface area contributed by atoms with Crippen LogP contribution in [0.2, 0.25) is 0 Å². The Kier molecular flexibility index (Phi) is 4.58. The lowest BCUT2D eigenvalue weighted by Crippen LogP contribution is -2.12. The molecule has 1 N–H and O–H groups in total. The summed E-state index contributed by atoms with van der Waals surface area (Å²) in [5.74, 6) is -0.198. The van der Waals surface area contributed by atoms with Crippen LogP contribution in [0.3, 0.4) is 0 Å². The lowest BCUT2D eigenvalue weighted by Gasteiger charge is -2.08. The van der Waals surface area contributed by atoms with Crippen molar-refractivity contribution in [3.8, 4) is 6.07 Å². The fraction of sp³-hybridized carbons (Fsp3) is 0.0667. The van der Waals surface area contributed by atoms with Crippen LogP contribution in [0.15, 0.2) is 45.3 Å². The molecule has 0 aromatic heterocycles. The highest BCUT2D eigenvalue weighted by Crippen LogP contribution is 2.24. The molecule has 0 radical (unpaired) electrons. The molecule has 5 heteroatoms. The number of benzene rings is 2. The number of halogens is 2. The Hall–Kier alpha value is -1.64. The molecule has 0 bridgehead atoms. The topological polar surface area (TPSA) is 52.9 Å². The van der Waals surface area contributed by atoms with Crippen molar-refractivity contribution in [2.24, 2.45) is 0 Å². The summed E-state index contributed by atoms with van der Waals surface area (Å²) in [5.41, 5.74) is 2.80. The number of anilines is 1. The average Bonchev–Trinajstić information content (AvgIpc) is 2.43. The molecule has 0 heterocycles. The van der Waals surface area contributed by atoms with Crippen molar-refractivity contribution in [2.45, 2.75) is 6.92 Å². The van der Waals surface area contributed by atoms with Gasteiger partial charge in [0.05, 0.1) is 17.3 Å². The summed E-state index contributed by atoms with van der Waals surface area (Å²) < 4.78 is 1.57. The second-order valence-corrected chi connectivity index (χ2v) is 5.93. The molecule has 0 saturated carbocycles. The van der Waals surface area contributed by atoms with Crippen molar-refractivity contribution in [3.05, 3.63) is 62.0 Å². The third kappa shape index (κ3) is 3.27. The van der Waals surface area contributed by atoms with Gasteiger partial charge in [0.2, 0.25) is 0 Å². The molecular formula is C15H10Br2N2O. The normalized spacial score (nSPS) is 9.90. The summed E-state index contributed by atoms with van der Waals surface area (Å²) in [5, 5.41) is 11.6. The van der Waals surface area contributed by atoms with E-state index >= 15 is 0 Å². The molecule has 0 saturated heterocycles. The number of nitriles is 1. The molecule has 0 aliphatic rings. The molecule has 0 unspecified atom stereocenters. The van der Waals surface area contributed by atoms with E-state index in [0.29, 0.717) is 21.3 Å². The van der Waals surface area contributed by atoms with Crippen LogP contribution in [0.25, 0.3) is 0 Å². The van der Waals surface area contributed by atoms with Gasteiger partial charge in [0.1, 0.15) is 0 Å². The fourth-order valence-electron chi connectivity index (χ4n) is 1.61. The van der Waals surface area contributed by atoms with Crippen LogP contribution in [0, 0.1) is 18.3 Å². The number of carbonyl (C=O) groups excluding carboxylic acids is 1. The summed E-state index contributed by atoms with van der Waals surface area (Å²) >= 11 is 6.75. The average molecular weight is 394 g/mol. The lowest BCUT2D eigenvalue weighted by atomic mass is 10.1. The van der Waals surface area contributed by atoms with Gasteiger partial charge in [-0.15, -0.1) is 0 Å². The van der Waals surface area contributed by atoms with Gasteiger partial charge in [0.25, 0.3) is 5.91 Å². The predicted octanol–water partition coefficient (Wildman–Crippen LogP) is 4.64. The van der Waals surface area contributed by atoms with Crippen LogP contribution in [0.5, 0.6) is 0 Å². The molecule has 0 aliphatic heterocycles. The third-order valence-corrected chi connectivity index (χ3v) is 4.29. The van der Waals surface area contributed by atoms with Gasteiger partial charge in [-0.2, -0.15) is 5.26 Å². The second kappa shape index (κ2) is 6.21. The number of nitrogens with zero attached hydrogens (tertiary/aromatic N) is 1. The van der Waals surface area contributed by atoms with Gasteiger partial charge < -0.3 is 5.32 Å². The highest BCUT2D eigenvalue weighted by atomic mass is 79.9. The van der Waals surface area contributed by atoms with Crippen molar-refractivity contribution in [3.63, 3.8) is 0 Å². The largest absolute Gasteiger partial charge is 0.321 e. The Labute approximate surface area is 133 Å². The van der Waals surface area contributed by atoms with Crippen LogP contribution in [-0.2, 0) is 0 Å². The van der Waals surface area contributed by atoms with E-state index in [1.54, 1.807) is 30.3 Å². The van der Waals surface area contributed by atoms with Gasteiger partial charge >= 0.3 is 0 Å². The van der Waals surface area contributed by atoms with Crippen LogP contribution in [0.1, 0.15) is 21.5 Å². The fourth-order valence-corrected chi connectivity index (χ4v) is 2.47. The number of rotatable bonds is 2. The summed E-state index contributed by atoms with van der Waals surface area (Å²) in [4.78, 5) is 12.2. The van der Waals surface area contributed by atoms with Crippen LogP contribution < -0.4 is 5.32 Å². The summed E-state index contributed by atoms with van der Waals surface area (Å²) in [7, 11) is 0. The number of amides is 1. The Bertz CT molecular complexity index is 720. The molecule has 0 fully saturated rings. The molecule has 0 spiro atoms. The van der Waals surface area contributed by atoms with E-state index in [2.05, 4.69) is 37.2 Å². The summed E-state index contributed by atoms with van der Waals surface area (Å²) in [6.07, 6.45) is 0. The van der Waals surface area contributed by atoms with Gasteiger partial charge in [-0.05, 0) is 58.7 Å². The second-order valence-electron chi connectivity index (χ2n) is 4.22. The minimum Gasteiger partial charge on any atom is -0.321 e. The quantitative estimate of drug-likeness (QED) is 0.807. The first-order valence-corrected chi connectivity index (χ1v) is 7.37. The van der Waals surface area contributed by atoms with Crippen molar-refractivity contribution >= 4 is 43.5 Å². The maximum Gasteiger partial charge on any atom is 0.255 e. The number of hydrogen-bond donors (Lipinski definition) is 1. The Morgan fingerprint density at radius 3 is 2.50 bits per heavy atom. The van der Waals surface area contributed by atoms with Crippen LogP contribution in [-0.4, -0.2) is 5.91 Å². The van der Waals surface area contributed by atoms with Crippen LogP contribution >= 0.6 is 31.9 Å². The SMILES string of the molecule is Cc1ccc(C(=O)Nc2ccc(C#N)cc2Br)cc1Br. The smallest absolute Gasteiger partial charge is 0.255 e. The van der Waals surface area contributed by atoms with Crippen molar-refractivity contribution in [1.29, 1.82) is 5.26 Å². The number of nitrogens with one attached hydrogen (secondary N) is 1. The molecule has 0 atom stereocenters. The minimum absolute atomic E-state index is 0.198. The summed E-state index contributed by atoms with van der Waals surface area (Å²) in [6, 6.07) is 12.5. The predicted molar refractivity (Wildman–Crippen MR) is 85.7 cm³/mol. The molecule has 100 valence electrons. The molecule has 0 aliphatic carbocycles. The molecule has 3 nitrogen and oxygen atoms in total. The van der Waals surface area contributed by atoms with Crippen LogP contribution in [0.4, 0.5) is 5.69 Å². The van der Waals surface area contributed by atoms with Crippen molar-refractivity contribution in [1.82, 2.24) is 0 Å². The molecule has 2 rings (SSSR count). The zero-order chi connectivity index (χ0) is 14.7. The number of hydrogen-bond acceptors (Lipinski definition) is 2. The molecular weight excluding hydrogens is 384 g/mol. The minimum atomic E-state index is -0.198. The number of carbonyl (C=O) groups is 1. The highest BCUT2D eigenvalue weighted by molar-refractivity contribution is 9.10. The molecule has 20 heavy (non-hydrogen) atoms. The first-order chi connectivity index (χ1) is 9.51. The van der Waals surface area contributed by atoms with Crippen molar-refractivity contribution in [2.75, 3.05) is 5.32 Å². The zero-order valence-electron chi connectivity index (χ0n) is 10.6. The maximum atomic E-state index is 12.2. The van der Waals surface area contributed by atoms with Gasteiger partial charge in [-0.3, -0.25) is 4.79 Å². The van der Waals surface area contributed by atoms with Gasteiger partial charge in [-0.1, -0.05) is 22.0 Å². The molecule has 2 aromatic carbocycles. The van der Waals surface area contributed by atoms with E-state index in [9.17, 15) is 4.79 Å². The van der Waals surface area contributed by atoms with E-state index in [-0.39, 0.29) is 5.91 Å². The summed E-state index contributed by atoms with van der Waals surface area (Å²) in [6.45, 7) is 1.96.